The van der Waals surface area contributed by atoms with E-state index in [1.54, 1.807) is 18.1 Å². The van der Waals surface area contributed by atoms with Gasteiger partial charge in [0.25, 0.3) is 5.91 Å². The molecule has 1 N–H and O–H groups in total. The lowest BCUT2D eigenvalue weighted by molar-refractivity contribution is -0.117. The largest absolute Gasteiger partial charge is 0.398 e. The van der Waals surface area contributed by atoms with Crippen molar-refractivity contribution in [3.63, 3.8) is 0 Å². The maximum atomic E-state index is 12.6. The Hall–Kier alpha value is -2.39. The van der Waals surface area contributed by atoms with Crippen molar-refractivity contribution >= 4 is 56.3 Å². The Kier molecular flexibility index (Phi) is 6.38. The summed E-state index contributed by atoms with van der Waals surface area (Å²) in [5, 5.41) is 7.12. The number of hydrogen-bond donors (Lipinski definition) is 1. The minimum Gasteiger partial charge on any atom is -0.398 e. The number of hydrogen-bond acceptors (Lipinski definition) is 5. The number of nitrogens with one attached hydrogen (secondary N) is 1. The Bertz CT molecular complexity index is 959. The maximum Gasteiger partial charge on any atom is 0.261 e. The molecule has 2 aliphatic heterocycles. The molecule has 3 heterocycles. The van der Waals surface area contributed by atoms with E-state index in [0.29, 0.717) is 17.8 Å². The molecule has 0 saturated carbocycles. The summed E-state index contributed by atoms with van der Waals surface area (Å²) in [5.74, 6) is 0.799. The fraction of sp³-hybridized carbons (Fsp3) is 0.381. The highest BCUT2D eigenvalue weighted by Crippen LogP contribution is 2.28. The van der Waals surface area contributed by atoms with Gasteiger partial charge in [0.15, 0.2) is 0 Å². The van der Waals surface area contributed by atoms with Gasteiger partial charge in [-0.25, -0.2) is 0 Å². The molecule has 1 unspecified atom stereocenters. The monoisotopic (exact) mass is 490 g/mol. The smallest absolute Gasteiger partial charge is 0.261 e. The van der Waals surface area contributed by atoms with E-state index in [4.69, 9.17) is 4.84 Å². The van der Waals surface area contributed by atoms with E-state index >= 15 is 0 Å². The van der Waals surface area contributed by atoms with E-state index in [9.17, 15) is 9.59 Å². The molecule has 158 valence electrons. The van der Waals surface area contributed by atoms with Crippen LogP contribution in [-0.4, -0.2) is 43.9 Å². The second kappa shape index (κ2) is 9.18. The molecule has 1 atom stereocenters. The molecule has 4 rings (SSSR count). The number of carbonyl (C=O) groups excluding carboxylic acids is 2. The zero-order valence-corrected chi connectivity index (χ0v) is 19.0. The topological polar surface area (TPSA) is 74.2 Å². The van der Waals surface area contributed by atoms with Crippen molar-refractivity contribution in [2.45, 2.75) is 31.7 Å². The lowest BCUT2D eigenvalue weighted by Gasteiger charge is -2.30. The first-order valence-electron chi connectivity index (χ1n) is 9.89. The van der Waals surface area contributed by atoms with E-state index in [-0.39, 0.29) is 17.9 Å². The Balaban J connectivity index is 1.42. The summed E-state index contributed by atoms with van der Waals surface area (Å²) in [5.41, 5.74) is 1.87. The van der Waals surface area contributed by atoms with Crippen LogP contribution in [0.1, 0.15) is 35.4 Å². The SMILES string of the molecule is CON=C1CCCCN1c1ccc(N2CC(NC(=O)c3ccc(Br)s3)CC2=O)cc1. The van der Waals surface area contributed by atoms with Crippen LogP contribution >= 0.6 is 27.3 Å². The molecule has 0 spiro atoms. The number of amidine groups is 1. The number of piperidine rings is 1. The number of oxime groups is 1. The maximum absolute atomic E-state index is 12.6. The second-order valence-corrected chi connectivity index (χ2v) is 9.76. The number of benzene rings is 1. The zero-order chi connectivity index (χ0) is 21.1. The van der Waals surface area contributed by atoms with Crippen molar-refractivity contribution in [3.8, 4) is 0 Å². The molecule has 1 aromatic heterocycles. The molecule has 9 heteroatoms. The molecule has 2 aliphatic rings. The van der Waals surface area contributed by atoms with Crippen molar-refractivity contribution in [2.75, 3.05) is 30.0 Å². The van der Waals surface area contributed by atoms with Gasteiger partial charge < -0.3 is 20.0 Å². The van der Waals surface area contributed by atoms with Crippen LogP contribution in [0.5, 0.6) is 0 Å². The number of amides is 2. The van der Waals surface area contributed by atoms with Gasteiger partial charge in [-0.3, -0.25) is 9.59 Å². The molecular formula is C21H23BrN4O3S. The first-order valence-corrected chi connectivity index (χ1v) is 11.5. The third kappa shape index (κ3) is 4.52. The van der Waals surface area contributed by atoms with Crippen molar-refractivity contribution in [1.29, 1.82) is 0 Å². The van der Waals surface area contributed by atoms with E-state index in [0.717, 1.165) is 46.8 Å². The fourth-order valence-corrected chi connectivity index (χ4v) is 5.14. The Labute approximate surface area is 187 Å². The number of anilines is 2. The predicted molar refractivity (Wildman–Crippen MR) is 122 cm³/mol. The van der Waals surface area contributed by atoms with Crippen molar-refractivity contribution in [3.05, 3.63) is 45.1 Å². The van der Waals surface area contributed by atoms with E-state index in [2.05, 4.69) is 31.3 Å². The average Bonchev–Trinajstić information content (AvgIpc) is 3.34. The molecule has 2 fully saturated rings. The highest BCUT2D eigenvalue weighted by atomic mass is 79.9. The van der Waals surface area contributed by atoms with Gasteiger partial charge in [-0.2, -0.15) is 0 Å². The third-order valence-electron chi connectivity index (χ3n) is 5.27. The summed E-state index contributed by atoms with van der Waals surface area (Å²) in [6.45, 7) is 1.37. The lowest BCUT2D eigenvalue weighted by atomic mass is 10.1. The molecule has 2 saturated heterocycles. The fourth-order valence-electron chi connectivity index (χ4n) is 3.85. The standard InChI is InChI=1S/C21H23BrN4O3S/c1-29-24-19-4-2-3-11-25(19)15-5-7-16(8-6-15)26-13-14(12-20(26)27)23-21(28)17-9-10-18(22)30-17/h5-10,14H,2-4,11-13H2,1H3,(H,23,28). The van der Waals surface area contributed by atoms with Crippen LogP contribution < -0.4 is 15.1 Å². The van der Waals surface area contributed by atoms with Crippen LogP contribution in [0, 0.1) is 0 Å². The summed E-state index contributed by atoms with van der Waals surface area (Å²) in [4.78, 5) is 34.5. The molecule has 0 aliphatic carbocycles. The lowest BCUT2D eigenvalue weighted by Crippen LogP contribution is -2.37. The van der Waals surface area contributed by atoms with Gasteiger partial charge >= 0.3 is 0 Å². The van der Waals surface area contributed by atoms with Crippen LogP contribution in [0.15, 0.2) is 45.3 Å². The highest BCUT2D eigenvalue weighted by molar-refractivity contribution is 9.11. The molecule has 0 radical (unpaired) electrons. The minimum atomic E-state index is -0.201. The number of rotatable bonds is 5. The molecule has 2 aromatic rings. The van der Waals surface area contributed by atoms with Crippen LogP contribution in [0.25, 0.3) is 0 Å². The number of nitrogens with zero attached hydrogens (tertiary/aromatic N) is 3. The molecule has 2 amide bonds. The van der Waals surface area contributed by atoms with E-state index in [1.807, 2.05) is 30.3 Å². The third-order valence-corrected chi connectivity index (χ3v) is 6.89. The van der Waals surface area contributed by atoms with Gasteiger partial charge in [-0.05, 0) is 65.2 Å². The van der Waals surface area contributed by atoms with Crippen LogP contribution in [0.4, 0.5) is 11.4 Å². The van der Waals surface area contributed by atoms with Gasteiger partial charge in [0.05, 0.1) is 14.7 Å². The molecule has 0 bridgehead atoms. The predicted octanol–water partition coefficient (Wildman–Crippen LogP) is 4.00. The zero-order valence-electron chi connectivity index (χ0n) is 16.6. The molecule has 7 nitrogen and oxygen atoms in total. The molecule has 30 heavy (non-hydrogen) atoms. The number of thiophene rings is 1. The van der Waals surface area contributed by atoms with Crippen molar-refractivity contribution in [1.82, 2.24) is 5.32 Å². The number of halogens is 1. The minimum absolute atomic E-state index is 0.0139. The second-order valence-electron chi connectivity index (χ2n) is 7.30. The highest BCUT2D eigenvalue weighted by Gasteiger charge is 2.32. The quantitative estimate of drug-likeness (QED) is 0.642. The van der Waals surface area contributed by atoms with Crippen LogP contribution in [0.2, 0.25) is 0 Å². The first kappa shape index (κ1) is 20.9. The molecular weight excluding hydrogens is 468 g/mol. The van der Waals surface area contributed by atoms with Gasteiger partial charge in [-0.1, -0.05) is 5.16 Å². The Morgan fingerprint density at radius 2 is 1.90 bits per heavy atom. The Morgan fingerprint density at radius 3 is 2.57 bits per heavy atom. The summed E-state index contributed by atoms with van der Waals surface area (Å²) >= 11 is 4.75. The summed E-state index contributed by atoms with van der Waals surface area (Å²) in [6, 6.07) is 11.3. The van der Waals surface area contributed by atoms with E-state index in [1.165, 1.54) is 11.3 Å². The van der Waals surface area contributed by atoms with Crippen LogP contribution in [0.3, 0.4) is 0 Å². The normalized spacial score (nSPS) is 20.7. The summed E-state index contributed by atoms with van der Waals surface area (Å²) in [6.07, 6.45) is 3.41. The van der Waals surface area contributed by atoms with Gasteiger partial charge in [0, 0.05) is 37.3 Å². The first-order chi connectivity index (χ1) is 14.5. The molecule has 1 aromatic carbocycles. The van der Waals surface area contributed by atoms with Gasteiger partial charge in [-0.15, -0.1) is 11.3 Å². The van der Waals surface area contributed by atoms with Gasteiger partial charge in [0.1, 0.15) is 12.9 Å². The average molecular weight is 491 g/mol. The van der Waals surface area contributed by atoms with Crippen LogP contribution in [-0.2, 0) is 9.63 Å². The van der Waals surface area contributed by atoms with Crippen molar-refractivity contribution < 1.29 is 14.4 Å². The summed E-state index contributed by atoms with van der Waals surface area (Å²) in [7, 11) is 1.56. The van der Waals surface area contributed by atoms with Crippen molar-refractivity contribution in [2.24, 2.45) is 5.16 Å². The van der Waals surface area contributed by atoms with E-state index < -0.39 is 0 Å². The summed E-state index contributed by atoms with van der Waals surface area (Å²) < 4.78 is 0.907. The van der Waals surface area contributed by atoms with Gasteiger partial charge in [0.2, 0.25) is 5.91 Å². The number of carbonyl (C=O) groups is 2. The Morgan fingerprint density at radius 1 is 1.17 bits per heavy atom.